The second kappa shape index (κ2) is 5.72. The van der Waals surface area contributed by atoms with Crippen LogP contribution in [-0.4, -0.2) is 10.8 Å². The largest absolute Gasteiger partial charge is 0.417 e. The van der Waals surface area contributed by atoms with Crippen LogP contribution in [0.4, 0.5) is 13.2 Å². The lowest BCUT2D eigenvalue weighted by molar-refractivity contribution is -0.137. The standard InChI is InChI=1S/C14H16F3NO/c15-14(16,17)11-7-8-12(18-9-11)13(19)10-5-3-1-2-4-6-10/h7-10H,1-6H2. The zero-order valence-electron chi connectivity index (χ0n) is 10.5. The maximum Gasteiger partial charge on any atom is 0.417 e. The van der Waals surface area contributed by atoms with Crippen LogP contribution in [-0.2, 0) is 6.18 Å². The zero-order chi connectivity index (χ0) is 13.9. The first kappa shape index (κ1) is 14.0. The van der Waals surface area contributed by atoms with E-state index in [0.29, 0.717) is 0 Å². The molecule has 1 fully saturated rings. The molecule has 0 N–H and O–H groups in total. The Bertz CT molecular complexity index is 431. The number of hydrogen-bond acceptors (Lipinski definition) is 2. The van der Waals surface area contributed by atoms with E-state index in [9.17, 15) is 18.0 Å². The molecule has 1 aliphatic rings. The summed E-state index contributed by atoms with van der Waals surface area (Å²) in [6.07, 6.45) is 2.26. The number of hydrogen-bond donors (Lipinski definition) is 0. The molecule has 0 saturated heterocycles. The number of ketones is 1. The molecule has 0 amide bonds. The topological polar surface area (TPSA) is 30.0 Å². The van der Waals surface area contributed by atoms with Crippen LogP contribution in [0.25, 0.3) is 0 Å². The number of aromatic nitrogens is 1. The van der Waals surface area contributed by atoms with Gasteiger partial charge in [0.25, 0.3) is 0 Å². The fourth-order valence-electron chi connectivity index (χ4n) is 2.46. The first-order valence-corrected chi connectivity index (χ1v) is 6.56. The Kier molecular flexibility index (Phi) is 4.22. The lowest BCUT2D eigenvalue weighted by atomic mass is 9.93. The molecular formula is C14H16F3NO. The van der Waals surface area contributed by atoms with Crippen molar-refractivity contribution < 1.29 is 18.0 Å². The molecular weight excluding hydrogens is 255 g/mol. The van der Waals surface area contributed by atoms with Crippen LogP contribution >= 0.6 is 0 Å². The molecule has 104 valence electrons. The molecule has 1 saturated carbocycles. The maximum atomic E-state index is 12.4. The second-order valence-corrected chi connectivity index (χ2v) is 4.98. The molecule has 0 aromatic carbocycles. The lowest BCUT2D eigenvalue weighted by Crippen LogP contribution is -2.16. The summed E-state index contributed by atoms with van der Waals surface area (Å²) in [5.41, 5.74) is -0.662. The molecule has 1 heterocycles. The molecule has 1 aromatic heterocycles. The van der Waals surface area contributed by atoms with Crippen molar-refractivity contribution in [2.75, 3.05) is 0 Å². The van der Waals surface area contributed by atoms with E-state index in [0.717, 1.165) is 50.8 Å². The summed E-state index contributed by atoms with van der Waals surface area (Å²) < 4.78 is 37.2. The van der Waals surface area contributed by atoms with Gasteiger partial charge in [-0.3, -0.25) is 9.78 Å². The van der Waals surface area contributed by atoms with Gasteiger partial charge in [-0.05, 0) is 25.0 Å². The van der Waals surface area contributed by atoms with Crippen LogP contribution < -0.4 is 0 Å². The van der Waals surface area contributed by atoms with E-state index < -0.39 is 11.7 Å². The van der Waals surface area contributed by atoms with Gasteiger partial charge in [0, 0.05) is 12.1 Å². The first-order valence-electron chi connectivity index (χ1n) is 6.56. The highest BCUT2D eigenvalue weighted by molar-refractivity contribution is 5.96. The molecule has 1 aromatic rings. The van der Waals surface area contributed by atoms with E-state index in [4.69, 9.17) is 0 Å². The summed E-state index contributed by atoms with van der Waals surface area (Å²) in [7, 11) is 0. The number of halogens is 3. The fraction of sp³-hybridized carbons (Fsp3) is 0.571. The zero-order valence-corrected chi connectivity index (χ0v) is 10.5. The van der Waals surface area contributed by atoms with Crippen molar-refractivity contribution in [1.82, 2.24) is 4.98 Å². The Labute approximate surface area is 110 Å². The summed E-state index contributed by atoms with van der Waals surface area (Å²) in [5.74, 6) is -0.192. The van der Waals surface area contributed by atoms with E-state index in [-0.39, 0.29) is 17.4 Å². The van der Waals surface area contributed by atoms with E-state index in [1.807, 2.05) is 0 Å². The average molecular weight is 271 g/mol. The normalized spacial score (nSPS) is 18.1. The number of carbonyl (C=O) groups excluding carboxylic acids is 1. The van der Waals surface area contributed by atoms with Gasteiger partial charge < -0.3 is 0 Å². The van der Waals surface area contributed by atoms with Crippen molar-refractivity contribution in [3.8, 4) is 0 Å². The van der Waals surface area contributed by atoms with Crippen molar-refractivity contribution in [1.29, 1.82) is 0 Å². The van der Waals surface area contributed by atoms with Gasteiger partial charge in [-0.15, -0.1) is 0 Å². The van der Waals surface area contributed by atoms with Crippen LogP contribution in [0.1, 0.15) is 54.6 Å². The molecule has 19 heavy (non-hydrogen) atoms. The Morgan fingerprint density at radius 2 is 1.74 bits per heavy atom. The van der Waals surface area contributed by atoms with Crippen LogP contribution in [0.15, 0.2) is 18.3 Å². The van der Waals surface area contributed by atoms with Crippen LogP contribution in [0, 0.1) is 5.92 Å². The molecule has 0 aliphatic heterocycles. The Balaban J connectivity index is 2.10. The molecule has 2 nitrogen and oxygen atoms in total. The van der Waals surface area contributed by atoms with Gasteiger partial charge in [-0.1, -0.05) is 25.7 Å². The van der Waals surface area contributed by atoms with Gasteiger partial charge in [0.1, 0.15) is 5.69 Å². The Morgan fingerprint density at radius 3 is 2.21 bits per heavy atom. The predicted octanol–water partition coefficient (Wildman–Crippen LogP) is 4.25. The third-order valence-electron chi connectivity index (χ3n) is 3.57. The predicted molar refractivity (Wildman–Crippen MR) is 64.8 cm³/mol. The molecule has 5 heteroatoms. The smallest absolute Gasteiger partial charge is 0.292 e. The summed E-state index contributed by atoms with van der Waals surface area (Å²) in [5, 5.41) is 0. The highest BCUT2D eigenvalue weighted by Crippen LogP contribution is 2.29. The average Bonchev–Trinajstić information content (AvgIpc) is 2.66. The second-order valence-electron chi connectivity index (χ2n) is 4.98. The number of rotatable bonds is 2. The number of alkyl halides is 3. The number of nitrogens with zero attached hydrogens (tertiary/aromatic N) is 1. The van der Waals surface area contributed by atoms with Crippen LogP contribution in [0.2, 0.25) is 0 Å². The van der Waals surface area contributed by atoms with Crippen molar-refractivity contribution >= 4 is 5.78 Å². The third kappa shape index (κ3) is 3.55. The Hall–Kier alpha value is -1.39. The molecule has 0 atom stereocenters. The van der Waals surface area contributed by atoms with Crippen molar-refractivity contribution in [2.24, 2.45) is 5.92 Å². The molecule has 0 bridgehead atoms. The first-order chi connectivity index (χ1) is 8.98. The van der Waals surface area contributed by atoms with Gasteiger partial charge in [0.15, 0.2) is 5.78 Å². The molecule has 0 unspecified atom stereocenters. The third-order valence-corrected chi connectivity index (χ3v) is 3.57. The van der Waals surface area contributed by atoms with E-state index in [1.54, 1.807) is 0 Å². The van der Waals surface area contributed by atoms with Crippen molar-refractivity contribution in [3.63, 3.8) is 0 Å². The van der Waals surface area contributed by atoms with Crippen molar-refractivity contribution in [2.45, 2.75) is 44.7 Å². The fourth-order valence-corrected chi connectivity index (χ4v) is 2.46. The highest BCUT2D eigenvalue weighted by atomic mass is 19.4. The molecule has 0 radical (unpaired) electrons. The number of carbonyl (C=O) groups is 1. The SMILES string of the molecule is O=C(c1ccc(C(F)(F)F)cn1)C1CCCCCC1. The van der Waals surface area contributed by atoms with E-state index in [1.165, 1.54) is 6.07 Å². The minimum absolute atomic E-state index is 0.0771. The minimum Gasteiger partial charge on any atom is -0.292 e. The summed E-state index contributed by atoms with van der Waals surface area (Å²) >= 11 is 0. The minimum atomic E-state index is -4.41. The Morgan fingerprint density at radius 1 is 1.11 bits per heavy atom. The van der Waals surface area contributed by atoms with Gasteiger partial charge >= 0.3 is 6.18 Å². The van der Waals surface area contributed by atoms with Crippen LogP contribution in [0.3, 0.4) is 0 Å². The van der Waals surface area contributed by atoms with E-state index >= 15 is 0 Å². The van der Waals surface area contributed by atoms with Crippen LogP contribution in [0.5, 0.6) is 0 Å². The summed E-state index contributed by atoms with van der Waals surface area (Å²) in [6, 6.07) is 2.12. The number of pyridine rings is 1. The summed E-state index contributed by atoms with van der Waals surface area (Å²) in [6.45, 7) is 0. The van der Waals surface area contributed by atoms with E-state index in [2.05, 4.69) is 4.98 Å². The number of Topliss-reactive ketones (excluding diaryl/α,β-unsaturated/α-hetero) is 1. The summed E-state index contributed by atoms with van der Waals surface area (Å²) in [4.78, 5) is 15.9. The highest BCUT2D eigenvalue weighted by Gasteiger charge is 2.31. The van der Waals surface area contributed by atoms with Gasteiger partial charge in [0.05, 0.1) is 5.56 Å². The van der Waals surface area contributed by atoms with Crippen molar-refractivity contribution in [3.05, 3.63) is 29.6 Å². The quantitative estimate of drug-likeness (QED) is 0.594. The maximum absolute atomic E-state index is 12.4. The molecule has 1 aliphatic carbocycles. The lowest BCUT2D eigenvalue weighted by Gasteiger charge is -2.12. The monoisotopic (exact) mass is 271 g/mol. The molecule has 2 rings (SSSR count). The van der Waals surface area contributed by atoms with Gasteiger partial charge in [0.2, 0.25) is 0 Å². The van der Waals surface area contributed by atoms with Gasteiger partial charge in [-0.2, -0.15) is 13.2 Å². The van der Waals surface area contributed by atoms with Gasteiger partial charge in [-0.25, -0.2) is 0 Å². The molecule has 0 spiro atoms.